The first kappa shape index (κ1) is 15.5. The summed E-state index contributed by atoms with van der Waals surface area (Å²) in [4.78, 5) is 4.58. The summed E-state index contributed by atoms with van der Waals surface area (Å²) in [7, 11) is 4.82. The van der Waals surface area contributed by atoms with Gasteiger partial charge in [0.1, 0.15) is 0 Å². The first-order valence-electron chi connectivity index (χ1n) is 7.80. The Morgan fingerprint density at radius 1 is 0.870 bits per heavy atom. The van der Waals surface area contributed by atoms with Crippen molar-refractivity contribution in [1.29, 1.82) is 0 Å². The minimum atomic E-state index is 0.587. The highest BCUT2D eigenvalue weighted by molar-refractivity contribution is 5.68. The Kier molecular flexibility index (Phi) is 4.55. The van der Waals surface area contributed by atoms with Crippen molar-refractivity contribution in [2.24, 2.45) is 0 Å². The van der Waals surface area contributed by atoms with Crippen LogP contribution >= 0.6 is 0 Å². The fraction of sp³-hybridized carbons (Fsp3) is 0.389. The molecular formula is C18H22N2O3. The maximum absolute atomic E-state index is 5.39. The van der Waals surface area contributed by atoms with Gasteiger partial charge in [-0.15, -0.1) is 0 Å². The second-order valence-electron chi connectivity index (χ2n) is 5.58. The van der Waals surface area contributed by atoms with E-state index in [2.05, 4.69) is 16.4 Å². The number of nitrogens with zero attached hydrogens (tertiary/aromatic N) is 1. The Labute approximate surface area is 136 Å². The van der Waals surface area contributed by atoms with Crippen LogP contribution in [0.4, 0.5) is 11.4 Å². The Morgan fingerprint density at radius 2 is 1.57 bits per heavy atom. The van der Waals surface area contributed by atoms with Gasteiger partial charge in [0.2, 0.25) is 5.75 Å². The van der Waals surface area contributed by atoms with Crippen LogP contribution in [0, 0.1) is 0 Å². The minimum absolute atomic E-state index is 0.587. The topological polar surface area (TPSA) is 52.6 Å². The van der Waals surface area contributed by atoms with E-state index in [0.29, 0.717) is 17.2 Å². The molecule has 0 atom stereocenters. The van der Waals surface area contributed by atoms with Gasteiger partial charge in [0.05, 0.1) is 33.2 Å². The Bertz CT molecular complexity index is 676. The predicted octanol–water partition coefficient (Wildman–Crippen LogP) is 3.73. The molecule has 0 saturated carbocycles. The standard InChI is InChI=1S/C18H22N2O3/c1-21-16-9-13(10-17(22-2)18(16)23-3)20-14-8-12-6-4-5-7-15(12)19-11-14/h8-11,20H,4-7H2,1-3H3. The number of fused-ring (bicyclic) bond motifs is 1. The number of anilines is 2. The van der Waals surface area contributed by atoms with E-state index < -0.39 is 0 Å². The number of pyridine rings is 1. The van der Waals surface area contributed by atoms with Crippen molar-refractivity contribution in [3.8, 4) is 17.2 Å². The zero-order valence-electron chi connectivity index (χ0n) is 13.8. The lowest BCUT2D eigenvalue weighted by Gasteiger charge is -2.17. The van der Waals surface area contributed by atoms with Gasteiger partial charge >= 0.3 is 0 Å². The molecule has 0 spiro atoms. The van der Waals surface area contributed by atoms with Crippen molar-refractivity contribution in [2.45, 2.75) is 25.7 Å². The highest BCUT2D eigenvalue weighted by Crippen LogP contribution is 2.40. The number of aromatic nitrogens is 1. The number of hydrogen-bond acceptors (Lipinski definition) is 5. The molecule has 1 aromatic carbocycles. The molecule has 1 aliphatic carbocycles. The summed E-state index contributed by atoms with van der Waals surface area (Å²) in [5.41, 5.74) is 4.41. The van der Waals surface area contributed by atoms with Gasteiger partial charge in [-0.1, -0.05) is 0 Å². The van der Waals surface area contributed by atoms with Crippen molar-refractivity contribution < 1.29 is 14.2 Å². The Balaban J connectivity index is 1.90. The SMILES string of the molecule is COc1cc(Nc2cnc3c(c2)CCCC3)cc(OC)c1OC. The predicted molar refractivity (Wildman–Crippen MR) is 90.3 cm³/mol. The number of hydrogen-bond donors (Lipinski definition) is 1. The second-order valence-corrected chi connectivity index (χ2v) is 5.58. The summed E-state index contributed by atoms with van der Waals surface area (Å²) < 4.78 is 16.1. The highest BCUT2D eigenvalue weighted by Gasteiger charge is 2.14. The van der Waals surface area contributed by atoms with E-state index in [9.17, 15) is 0 Å². The number of ether oxygens (including phenoxy) is 3. The third-order valence-corrected chi connectivity index (χ3v) is 4.12. The third-order valence-electron chi connectivity index (χ3n) is 4.12. The molecule has 3 rings (SSSR count). The monoisotopic (exact) mass is 314 g/mol. The normalized spacial score (nSPS) is 13.2. The van der Waals surface area contributed by atoms with Crippen LogP contribution in [0.3, 0.4) is 0 Å². The Morgan fingerprint density at radius 3 is 2.22 bits per heavy atom. The van der Waals surface area contributed by atoms with Crippen LogP contribution in [0.2, 0.25) is 0 Å². The zero-order chi connectivity index (χ0) is 16.2. The van der Waals surface area contributed by atoms with Gasteiger partial charge in [-0.2, -0.15) is 0 Å². The van der Waals surface area contributed by atoms with Gasteiger partial charge in [-0.05, 0) is 37.3 Å². The average molecular weight is 314 g/mol. The smallest absolute Gasteiger partial charge is 0.203 e. The van der Waals surface area contributed by atoms with E-state index in [1.54, 1.807) is 21.3 Å². The van der Waals surface area contributed by atoms with E-state index in [1.807, 2.05) is 18.3 Å². The van der Waals surface area contributed by atoms with Gasteiger partial charge in [0.25, 0.3) is 0 Å². The molecule has 0 amide bonds. The lowest BCUT2D eigenvalue weighted by Crippen LogP contribution is -2.06. The summed E-state index contributed by atoms with van der Waals surface area (Å²) in [6.45, 7) is 0. The number of aryl methyl sites for hydroxylation is 2. The molecule has 5 nitrogen and oxygen atoms in total. The molecule has 0 aliphatic heterocycles. The van der Waals surface area contributed by atoms with Gasteiger partial charge in [-0.25, -0.2) is 0 Å². The van der Waals surface area contributed by atoms with Crippen molar-refractivity contribution in [3.05, 3.63) is 35.7 Å². The average Bonchev–Trinajstić information content (AvgIpc) is 2.60. The van der Waals surface area contributed by atoms with Gasteiger partial charge in [-0.3, -0.25) is 4.98 Å². The fourth-order valence-electron chi connectivity index (χ4n) is 2.98. The van der Waals surface area contributed by atoms with Crippen molar-refractivity contribution in [3.63, 3.8) is 0 Å². The van der Waals surface area contributed by atoms with Crippen LogP contribution in [0.1, 0.15) is 24.1 Å². The van der Waals surface area contributed by atoms with E-state index >= 15 is 0 Å². The lowest BCUT2D eigenvalue weighted by atomic mass is 9.96. The molecule has 0 fully saturated rings. The van der Waals surface area contributed by atoms with Crippen molar-refractivity contribution >= 4 is 11.4 Å². The molecule has 1 N–H and O–H groups in total. The summed E-state index contributed by atoms with van der Waals surface area (Å²) in [6, 6.07) is 5.96. The number of rotatable bonds is 5. The van der Waals surface area contributed by atoms with Crippen LogP contribution < -0.4 is 19.5 Å². The van der Waals surface area contributed by atoms with Crippen LogP contribution in [-0.4, -0.2) is 26.3 Å². The number of nitrogens with one attached hydrogen (secondary N) is 1. The van der Waals surface area contributed by atoms with Crippen LogP contribution in [0.15, 0.2) is 24.4 Å². The molecule has 0 saturated heterocycles. The van der Waals surface area contributed by atoms with Crippen LogP contribution in [0.5, 0.6) is 17.2 Å². The number of benzene rings is 1. The molecule has 0 radical (unpaired) electrons. The van der Waals surface area contributed by atoms with Gasteiger partial charge < -0.3 is 19.5 Å². The second kappa shape index (κ2) is 6.77. The first-order valence-corrected chi connectivity index (χ1v) is 7.80. The minimum Gasteiger partial charge on any atom is -0.493 e. The molecule has 23 heavy (non-hydrogen) atoms. The fourth-order valence-corrected chi connectivity index (χ4v) is 2.98. The molecule has 0 bridgehead atoms. The van der Waals surface area contributed by atoms with E-state index in [4.69, 9.17) is 14.2 Å². The van der Waals surface area contributed by atoms with E-state index in [1.165, 1.54) is 24.1 Å². The largest absolute Gasteiger partial charge is 0.493 e. The molecule has 1 heterocycles. The molecule has 2 aromatic rings. The summed E-state index contributed by atoms with van der Waals surface area (Å²) in [5.74, 6) is 1.84. The van der Waals surface area contributed by atoms with Gasteiger partial charge in [0.15, 0.2) is 11.5 Å². The maximum Gasteiger partial charge on any atom is 0.203 e. The number of methoxy groups -OCH3 is 3. The molecule has 1 aliphatic rings. The summed E-state index contributed by atoms with van der Waals surface area (Å²) in [6.07, 6.45) is 6.54. The van der Waals surface area contributed by atoms with Crippen molar-refractivity contribution in [2.75, 3.05) is 26.6 Å². The summed E-state index contributed by atoms with van der Waals surface area (Å²) >= 11 is 0. The highest BCUT2D eigenvalue weighted by atomic mass is 16.5. The van der Waals surface area contributed by atoms with Crippen molar-refractivity contribution in [1.82, 2.24) is 4.98 Å². The van der Waals surface area contributed by atoms with Gasteiger partial charge in [0, 0.05) is 23.5 Å². The van der Waals surface area contributed by atoms with Crippen LogP contribution in [0.25, 0.3) is 0 Å². The van der Waals surface area contributed by atoms with E-state index in [0.717, 1.165) is 24.2 Å². The molecule has 122 valence electrons. The lowest BCUT2D eigenvalue weighted by molar-refractivity contribution is 0.324. The Hall–Kier alpha value is -2.43. The molecule has 1 aromatic heterocycles. The quantitative estimate of drug-likeness (QED) is 0.911. The van der Waals surface area contributed by atoms with Crippen LogP contribution in [-0.2, 0) is 12.8 Å². The molecule has 5 heteroatoms. The zero-order valence-corrected chi connectivity index (χ0v) is 13.8. The first-order chi connectivity index (χ1) is 11.2. The molecule has 0 unspecified atom stereocenters. The van der Waals surface area contributed by atoms with E-state index in [-0.39, 0.29) is 0 Å². The molecular weight excluding hydrogens is 292 g/mol. The third kappa shape index (κ3) is 3.18. The maximum atomic E-state index is 5.39. The summed E-state index contributed by atoms with van der Waals surface area (Å²) in [5, 5.41) is 3.38.